The van der Waals surface area contributed by atoms with Crippen LogP contribution in [0, 0.1) is 0 Å². The average molecular weight is 547 g/mol. The highest BCUT2D eigenvalue weighted by atomic mass is 35.5. The lowest BCUT2D eigenvalue weighted by molar-refractivity contribution is -0.185. The molecular formula is C28H32Cl2N2O5. The van der Waals surface area contributed by atoms with Gasteiger partial charge in [-0.3, -0.25) is 14.4 Å². The molecular weight excluding hydrogens is 515 g/mol. The topological polar surface area (TPSA) is 84.9 Å². The van der Waals surface area contributed by atoms with Crippen LogP contribution in [0.5, 0.6) is 5.75 Å². The Hall–Kier alpha value is -2.61. The van der Waals surface area contributed by atoms with Crippen molar-refractivity contribution in [3.05, 3.63) is 63.6 Å². The molecule has 2 aromatic rings. The van der Waals surface area contributed by atoms with Crippen molar-refractivity contribution in [1.82, 2.24) is 10.2 Å². The fraction of sp³-hybridized carbons (Fsp3) is 0.464. The molecule has 4 rings (SSSR count). The van der Waals surface area contributed by atoms with E-state index in [1.54, 1.807) is 24.3 Å². The minimum absolute atomic E-state index is 0.111. The molecule has 2 fully saturated rings. The van der Waals surface area contributed by atoms with Gasteiger partial charge in [0.15, 0.2) is 0 Å². The van der Waals surface area contributed by atoms with Gasteiger partial charge in [-0.25, -0.2) is 0 Å². The molecule has 1 heterocycles. The Morgan fingerprint density at radius 1 is 1.05 bits per heavy atom. The van der Waals surface area contributed by atoms with Gasteiger partial charge < -0.3 is 19.7 Å². The number of benzene rings is 2. The molecule has 198 valence electrons. The van der Waals surface area contributed by atoms with E-state index in [0.717, 1.165) is 24.1 Å². The summed E-state index contributed by atoms with van der Waals surface area (Å²) in [7, 11) is 2.02. The minimum atomic E-state index is -0.772. The first-order chi connectivity index (χ1) is 17.5. The predicted molar refractivity (Wildman–Crippen MR) is 142 cm³/mol. The number of esters is 2. The number of likely N-dealkylation sites (N-methyl/N-ethyl adjacent to an activating group) is 1. The van der Waals surface area contributed by atoms with Crippen LogP contribution in [-0.2, 0) is 31.0 Å². The second-order valence-corrected chi connectivity index (χ2v) is 11.0. The van der Waals surface area contributed by atoms with Gasteiger partial charge in [0.05, 0.1) is 16.5 Å². The Morgan fingerprint density at radius 2 is 1.84 bits per heavy atom. The SMILES string of the molecule is CC(=O)Oc1cccc([C@@]23CCN(C)C[C@@]2(OC(C)=O)CC[C@@H](NC(=O)Cc2ccc(Cl)c(Cl)c2)C3)c1. The highest BCUT2D eigenvalue weighted by Crippen LogP contribution is 2.54. The lowest BCUT2D eigenvalue weighted by atomic mass is 9.55. The number of likely N-dealkylation sites (tertiary alicyclic amines) is 1. The molecule has 0 radical (unpaired) electrons. The van der Waals surface area contributed by atoms with Crippen LogP contribution in [-0.4, -0.2) is 54.5 Å². The summed E-state index contributed by atoms with van der Waals surface area (Å²) in [6, 6.07) is 12.5. The van der Waals surface area contributed by atoms with Crippen LogP contribution in [0.2, 0.25) is 10.0 Å². The normalized spacial score (nSPS) is 25.6. The minimum Gasteiger partial charge on any atom is -0.457 e. The maximum Gasteiger partial charge on any atom is 0.308 e. The van der Waals surface area contributed by atoms with Gasteiger partial charge in [0.2, 0.25) is 5.91 Å². The van der Waals surface area contributed by atoms with Crippen molar-refractivity contribution in [3.63, 3.8) is 0 Å². The Labute approximate surface area is 227 Å². The average Bonchev–Trinajstić information content (AvgIpc) is 2.81. The summed E-state index contributed by atoms with van der Waals surface area (Å²) < 4.78 is 11.6. The van der Waals surface area contributed by atoms with Crippen LogP contribution in [0.15, 0.2) is 42.5 Å². The van der Waals surface area contributed by atoms with Gasteiger partial charge in [-0.15, -0.1) is 0 Å². The summed E-state index contributed by atoms with van der Waals surface area (Å²) >= 11 is 12.1. The summed E-state index contributed by atoms with van der Waals surface area (Å²) in [5.74, 6) is -0.404. The van der Waals surface area contributed by atoms with Crippen molar-refractivity contribution in [2.45, 2.75) is 63.0 Å². The van der Waals surface area contributed by atoms with Gasteiger partial charge in [0.25, 0.3) is 0 Å². The third-order valence-electron chi connectivity index (χ3n) is 7.51. The molecule has 37 heavy (non-hydrogen) atoms. The van der Waals surface area contributed by atoms with Crippen LogP contribution in [0.25, 0.3) is 0 Å². The standard InChI is InChI=1S/C28H32Cl2N2O5/c1-18(33)36-23-6-4-5-21(15-23)27-11-12-32(3)17-28(27,37-19(2)34)10-9-22(16-27)31-26(35)14-20-7-8-24(29)25(30)13-20/h4-8,13,15,22H,9-12,14,16-17H2,1-3H3,(H,31,35)/t22-,27+,28+/m1/s1. The Morgan fingerprint density at radius 3 is 2.54 bits per heavy atom. The number of carbonyl (C=O) groups excluding carboxylic acids is 3. The van der Waals surface area contributed by atoms with Gasteiger partial charge in [0.1, 0.15) is 11.4 Å². The number of hydrogen-bond acceptors (Lipinski definition) is 6. The second-order valence-electron chi connectivity index (χ2n) is 10.2. The Kier molecular flexibility index (Phi) is 8.17. The first-order valence-corrected chi connectivity index (χ1v) is 13.2. The molecule has 3 atom stereocenters. The predicted octanol–water partition coefficient (Wildman–Crippen LogP) is 4.71. The molecule has 0 aromatic heterocycles. The Balaban J connectivity index is 1.65. The van der Waals surface area contributed by atoms with Gasteiger partial charge >= 0.3 is 11.9 Å². The smallest absolute Gasteiger partial charge is 0.308 e. The molecule has 2 aromatic carbocycles. The van der Waals surface area contributed by atoms with Crippen molar-refractivity contribution in [2.75, 3.05) is 20.1 Å². The molecule has 0 spiro atoms. The van der Waals surface area contributed by atoms with Crippen LogP contribution in [0.1, 0.15) is 50.7 Å². The number of carbonyl (C=O) groups is 3. The van der Waals surface area contributed by atoms with E-state index in [1.165, 1.54) is 13.8 Å². The number of amides is 1. The fourth-order valence-electron chi connectivity index (χ4n) is 6.05. The first-order valence-electron chi connectivity index (χ1n) is 12.4. The number of piperidine rings is 1. The number of nitrogens with zero attached hydrogens (tertiary/aromatic N) is 1. The van der Waals surface area contributed by atoms with Crippen molar-refractivity contribution in [1.29, 1.82) is 0 Å². The number of fused-ring (bicyclic) bond motifs is 1. The summed E-state index contributed by atoms with van der Waals surface area (Å²) in [6.07, 6.45) is 2.75. The number of halogens is 2. The Bertz CT molecular complexity index is 1200. The van der Waals surface area contributed by atoms with E-state index >= 15 is 0 Å². The van der Waals surface area contributed by atoms with E-state index in [0.29, 0.717) is 41.6 Å². The highest BCUT2D eigenvalue weighted by Gasteiger charge is 2.60. The third kappa shape index (κ3) is 5.95. The fourth-order valence-corrected chi connectivity index (χ4v) is 6.37. The zero-order valence-corrected chi connectivity index (χ0v) is 22.8. The molecule has 1 aliphatic carbocycles. The molecule has 1 amide bonds. The number of hydrogen-bond donors (Lipinski definition) is 1. The van der Waals surface area contributed by atoms with Crippen LogP contribution < -0.4 is 10.1 Å². The van der Waals surface area contributed by atoms with Crippen molar-refractivity contribution >= 4 is 41.0 Å². The van der Waals surface area contributed by atoms with E-state index in [1.807, 2.05) is 25.2 Å². The quantitative estimate of drug-likeness (QED) is 0.417. The molecule has 9 heteroatoms. The van der Waals surface area contributed by atoms with E-state index in [9.17, 15) is 14.4 Å². The molecule has 2 aliphatic rings. The lowest BCUT2D eigenvalue weighted by Crippen LogP contribution is -2.68. The maximum absolute atomic E-state index is 13.0. The molecule has 7 nitrogen and oxygen atoms in total. The monoisotopic (exact) mass is 546 g/mol. The summed E-state index contributed by atoms with van der Waals surface area (Å²) in [5.41, 5.74) is 0.372. The molecule has 1 saturated heterocycles. The van der Waals surface area contributed by atoms with Gasteiger partial charge in [-0.2, -0.15) is 0 Å². The lowest BCUT2D eigenvalue weighted by Gasteiger charge is -2.59. The largest absolute Gasteiger partial charge is 0.457 e. The van der Waals surface area contributed by atoms with E-state index in [2.05, 4.69) is 10.2 Å². The van der Waals surface area contributed by atoms with Crippen molar-refractivity contribution in [3.8, 4) is 5.75 Å². The highest BCUT2D eigenvalue weighted by molar-refractivity contribution is 6.42. The van der Waals surface area contributed by atoms with Gasteiger partial charge in [0, 0.05) is 31.8 Å². The van der Waals surface area contributed by atoms with E-state index < -0.39 is 17.0 Å². The number of ether oxygens (including phenoxy) is 2. The number of rotatable bonds is 6. The van der Waals surface area contributed by atoms with E-state index in [-0.39, 0.29) is 24.3 Å². The summed E-state index contributed by atoms with van der Waals surface area (Å²) in [6.45, 7) is 4.18. The van der Waals surface area contributed by atoms with Gasteiger partial charge in [-0.05, 0) is 74.7 Å². The van der Waals surface area contributed by atoms with Gasteiger partial charge in [-0.1, -0.05) is 41.4 Å². The van der Waals surface area contributed by atoms with Crippen molar-refractivity contribution < 1.29 is 23.9 Å². The second kappa shape index (κ2) is 11.0. The summed E-state index contributed by atoms with van der Waals surface area (Å²) in [5, 5.41) is 4.06. The summed E-state index contributed by atoms with van der Waals surface area (Å²) in [4.78, 5) is 39.2. The molecule has 0 unspecified atom stereocenters. The molecule has 0 bridgehead atoms. The molecule has 1 N–H and O–H groups in total. The maximum atomic E-state index is 13.0. The molecule has 1 aliphatic heterocycles. The zero-order chi connectivity index (χ0) is 26.8. The van der Waals surface area contributed by atoms with Crippen LogP contribution in [0.4, 0.5) is 0 Å². The first kappa shape index (κ1) is 27.4. The van der Waals surface area contributed by atoms with Crippen molar-refractivity contribution in [2.24, 2.45) is 0 Å². The molecule has 1 saturated carbocycles. The number of nitrogens with one attached hydrogen (secondary N) is 1. The zero-order valence-electron chi connectivity index (χ0n) is 21.3. The third-order valence-corrected chi connectivity index (χ3v) is 8.25. The van der Waals surface area contributed by atoms with Crippen LogP contribution in [0.3, 0.4) is 0 Å². The van der Waals surface area contributed by atoms with Crippen LogP contribution >= 0.6 is 23.2 Å². The van der Waals surface area contributed by atoms with E-state index in [4.69, 9.17) is 32.7 Å².